The van der Waals surface area contributed by atoms with Crippen molar-refractivity contribution in [3.63, 3.8) is 0 Å². The molecule has 0 aliphatic rings. The molecule has 0 aliphatic heterocycles. The Balaban J connectivity index is 2.50. The molecule has 0 saturated carbocycles. The molecule has 0 unspecified atom stereocenters. The number of carbonyl (C=O) groups excluding carboxylic acids is 1. The lowest BCUT2D eigenvalue weighted by atomic mass is 10.1. The summed E-state index contributed by atoms with van der Waals surface area (Å²) >= 11 is 3.37. The van der Waals surface area contributed by atoms with E-state index in [1.54, 1.807) is 7.11 Å². The summed E-state index contributed by atoms with van der Waals surface area (Å²) in [5.74, 6) is -0.588. The van der Waals surface area contributed by atoms with Crippen molar-refractivity contribution in [1.82, 2.24) is 5.32 Å². The van der Waals surface area contributed by atoms with Crippen LogP contribution in [0, 0.1) is 0 Å². The van der Waals surface area contributed by atoms with Crippen molar-refractivity contribution >= 4 is 27.8 Å². The lowest BCUT2D eigenvalue weighted by molar-refractivity contribution is -0.141. The van der Waals surface area contributed by atoms with E-state index in [-0.39, 0.29) is 12.3 Å². The third-order valence-electron chi connectivity index (χ3n) is 2.60. The molecule has 5 nitrogen and oxygen atoms in total. The van der Waals surface area contributed by atoms with E-state index in [1.807, 2.05) is 18.2 Å². The number of carbonyl (C=O) groups is 2. The third-order valence-corrected chi connectivity index (χ3v) is 3.22. The summed E-state index contributed by atoms with van der Waals surface area (Å²) in [6.07, 6.45) is 0.789. The van der Waals surface area contributed by atoms with E-state index in [1.165, 1.54) is 6.92 Å². The van der Waals surface area contributed by atoms with E-state index in [0.717, 1.165) is 15.8 Å². The van der Waals surface area contributed by atoms with Crippen LogP contribution in [0.3, 0.4) is 0 Å². The van der Waals surface area contributed by atoms with Crippen molar-refractivity contribution in [2.24, 2.45) is 0 Å². The number of aryl methyl sites for hydroxylation is 1. The second-order valence-corrected chi connectivity index (χ2v) is 4.95. The van der Waals surface area contributed by atoms with Crippen LogP contribution in [0.15, 0.2) is 22.7 Å². The predicted octanol–water partition coefficient (Wildman–Crippen LogP) is 1.98. The van der Waals surface area contributed by atoms with Crippen LogP contribution >= 0.6 is 15.9 Å². The van der Waals surface area contributed by atoms with E-state index in [9.17, 15) is 9.59 Å². The number of methoxy groups -OCH3 is 1. The molecule has 0 saturated heterocycles. The average Bonchev–Trinajstić information content (AvgIpc) is 2.36. The molecule has 0 aliphatic carbocycles. The number of nitrogens with one attached hydrogen (secondary N) is 1. The first-order valence-electron chi connectivity index (χ1n) is 5.78. The van der Waals surface area contributed by atoms with Crippen LogP contribution in [0.5, 0.6) is 5.75 Å². The first-order chi connectivity index (χ1) is 8.93. The van der Waals surface area contributed by atoms with Gasteiger partial charge >= 0.3 is 5.97 Å². The summed E-state index contributed by atoms with van der Waals surface area (Å²) in [5.41, 5.74) is 0.978. The number of carboxylic acids is 1. The zero-order chi connectivity index (χ0) is 14.4. The summed E-state index contributed by atoms with van der Waals surface area (Å²) in [6.45, 7) is 1.43. The molecule has 0 fully saturated rings. The van der Waals surface area contributed by atoms with E-state index < -0.39 is 12.0 Å². The molecule has 6 heteroatoms. The van der Waals surface area contributed by atoms with E-state index in [0.29, 0.717) is 6.42 Å². The fraction of sp³-hybridized carbons (Fsp3) is 0.385. The Kier molecular flexibility index (Phi) is 5.82. The standard InChI is InChI=1S/C13H16BrNO4/c1-8(13(17)18)15-12(16)6-4-9-3-5-11(19-2)10(14)7-9/h3,5,7-8H,4,6H2,1-2H3,(H,15,16)(H,17,18)/t8-/m1/s1. The Labute approximate surface area is 120 Å². The molecule has 1 atom stereocenters. The van der Waals surface area contributed by atoms with Gasteiger partial charge in [0.25, 0.3) is 0 Å². The van der Waals surface area contributed by atoms with E-state index >= 15 is 0 Å². The van der Waals surface area contributed by atoms with Crippen LogP contribution in [-0.4, -0.2) is 30.1 Å². The highest BCUT2D eigenvalue weighted by atomic mass is 79.9. The molecular formula is C13H16BrNO4. The highest BCUT2D eigenvalue weighted by molar-refractivity contribution is 9.10. The van der Waals surface area contributed by atoms with E-state index in [4.69, 9.17) is 9.84 Å². The van der Waals surface area contributed by atoms with Gasteiger partial charge in [-0.1, -0.05) is 6.07 Å². The quantitative estimate of drug-likeness (QED) is 0.836. The zero-order valence-corrected chi connectivity index (χ0v) is 12.4. The van der Waals surface area contributed by atoms with Crippen LogP contribution in [-0.2, 0) is 16.0 Å². The van der Waals surface area contributed by atoms with Crippen molar-refractivity contribution in [3.05, 3.63) is 28.2 Å². The Morgan fingerprint density at radius 1 is 1.47 bits per heavy atom. The van der Waals surface area contributed by atoms with Gasteiger partial charge in [0.05, 0.1) is 11.6 Å². The Morgan fingerprint density at radius 3 is 2.68 bits per heavy atom. The van der Waals surface area contributed by atoms with Crippen LogP contribution < -0.4 is 10.1 Å². The van der Waals surface area contributed by atoms with Gasteiger partial charge in [-0.3, -0.25) is 9.59 Å². The first-order valence-corrected chi connectivity index (χ1v) is 6.58. The maximum atomic E-state index is 11.5. The zero-order valence-electron chi connectivity index (χ0n) is 10.8. The smallest absolute Gasteiger partial charge is 0.325 e. The molecule has 0 aromatic heterocycles. The fourth-order valence-corrected chi connectivity index (χ4v) is 2.09. The molecule has 1 rings (SSSR count). The Bertz CT molecular complexity index is 476. The lowest BCUT2D eigenvalue weighted by Gasteiger charge is -2.09. The van der Waals surface area contributed by atoms with Gasteiger partial charge in [-0.2, -0.15) is 0 Å². The number of halogens is 1. The van der Waals surface area contributed by atoms with Crippen molar-refractivity contribution in [2.75, 3.05) is 7.11 Å². The summed E-state index contributed by atoms with van der Waals surface area (Å²) in [6, 6.07) is 4.71. The molecule has 0 radical (unpaired) electrons. The number of hydrogen-bond donors (Lipinski definition) is 2. The van der Waals surface area contributed by atoms with E-state index in [2.05, 4.69) is 21.2 Å². The fourth-order valence-electron chi connectivity index (χ4n) is 1.50. The highest BCUT2D eigenvalue weighted by Gasteiger charge is 2.13. The van der Waals surface area contributed by atoms with Crippen LogP contribution in [0.1, 0.15) is 18.9 Å². The SMILES string of the molecule is COc1ccc(CCC(=O)N[C@H](C)C(=O)O)cc1Br. The molecular weight excluding hydrogens is 314 g/mol. The Hall–Kier alpha value is -1.56. The van der Waals surface area contributed by atoms with Gasteiger partial charge in [-0.05, 0) is 47.0 Å². The van der Waals surface area contributed by atoms with Crippen molar-refractivity contribution < 1.29 is 19.4 Å². The van der Waals surface area contributed by atoms with Gasteiger partial charge in [0.15, 0.2) is 0 Å². The second-order valence-electron chi connectivity index (χ2n) is 4.10. The molecule has 1 aromatic carbocycles. The lowest BCUT2D eigenvalue weighted by Crippen LogP contribution is -2.38. The topological polar surface area (TPSA) is 75.6 Å². The van der Waals surface area contributed by atoms with Gasteiger partial charge in [0, 0.05) is 6.42 Å². The van der Waals surface area contributed by atoms with Crippen molar-refractivity contribution in [2.45, 2.75) is 25.8 Å². The van der Waals surface area contributed by atoms with Crippen LogP contribution in [0.25, 0.3) is 0 Å². The number of aliphatic carboxylic acids is 1. The Morgan fingerprint density at radius 2 is 2.16 bits per heavy atom. The third kappa shape index (κ3) is 4.90. The molecule has 1 aromatic rings. The van der Waals surface area contributed by atoms with Crippen molar-refractivity contribution in [3.8, 4) is 5.75 Å². The van der Waals surface area contributed by atoms with Crippen LogP contribution in [0.4, 0.5) is 0 Å². The summed E-state index contributed by atoms with van der Waals surface area (Å²) in [7, 11) is 1.58. The van der Waals surface area contributed by atoms with Crippen LogP contribution in [0.2, 0.25) is 0 Å². The van der Waals surface area contributed by atoms with Gasteiger partial charge < -0.3 is 15.2 Å². The summed E-state index contributed by atoms with van der Waals surface area (Å²) < 4.78 is 5.94. The normalized spacial score (nSPS) is 11.7. The largest absolute Gasteiger partial charge is 0.496 e. The highest BCUT2D eigenvalue weighted by Crippen LogP contribution is 2.25. The van der Waals surface area contributed by atoms with Gasteiger partial charge in [0.1, 0.15) is 11.8 Å². The molecule has 0 spiro atoms. The second kappa shape index (κ2) is 7.13. The number of ether oxygens (including phenoxy) is 1. The number of benzene rings is 1. The molecule has 0 heterocycles. The number of hydrogen-bond acceptors (Lipinski definition) is 3. The maximum Gasteiger partial charge on any atom is 0.325 e. The van der Waals surface area contributed by atoms with Gasteiger partial charge in [0.2, 0.25) is 5.91 Å². The monoisotopic (exact) mass is 329 g/mol. The number of carboxylic acid groups (broad SMARTS) is 1. The maximum absolute atomic E-state index is 11.5. The molecule has 19 heavy (non-hydrogen) atoms. The van der Waals surface area contributed by atoms with Crippen molar-refractivity contribution in [1.29, 1.82) is 0 Å². The minimum atomic E-state index is -1.04. The molecule has 1 amide bonds. The number of rotatable bonds is 6. The number of amides is 1. The summed E-state index contributed by atoms with van der Waals surface area (Å²) in [4.78, 5) is 22.1. The molecule has 0 bridgehead atoms. The summed E-state index contributed by atoms with van der Waals surface area (Å²) in [5, 5.41) is 11.1. The molecule has 2 N–H and O–H groups in total. The minimum absolute atomic E-state index is 0.246. The van der Waals surface area contributed by atoms with Gasteiger partial charge in [-0.25, -0.2) is 0 Å². The predicted molar refractivity (Wildman–Crippen MR) is 74.3 cm³/mol. The molecule has 104 valence electrons. The minimum Gasteiger partial charge on any atom is -0.496 e. The van der Waals surface area contributed by atoms with Gasteiger partial charge in [-0.15, -0.1) is 0 Å². The average molecular weight is 330 g/mol. The first kappa shape index (κ1) is 15.5.